The zero-order chi connectivity index (χ0) is 15.8. The first-order chi connectivity index (χ1) is 9.95. The molecule has 116 valence electrons. The molecule has 1 rings (SSSR count). The van der Waals surface area contributed by atoms with Crippen LogP contribution in [0.15, 0.2) is 23.1 Å². The van der Waals surface area contributed by atoms with Gasteiger partial charge < -0.3 is 10.1 Å². The minimum atomic E-state index is -0.473. The predicted molar refractivity (Wildman–Crippen MR) is 82.9 cm³/mol. The van der Waals surface area contributed by atoms with E-state index in [0.29, 0.717) is 30.0 Å². The summed E-state index contributed by atoms with van der Waals surface area (Å²) in [7, 11) is 0. The first-order valence-corrected chi connectivity index (χ1v) is 7.90. The van der Waals surface area contributed by atoms with Gasteiger partial charge in [0.25, 0.3) is 11.6 Å². The highest BCUT2D eigenvalue weighted by Gasteiger charge is 2.16. The van der Waals surface area contributed by atoms with Crippen molar-refractivity contribution in [3.05, 3.63) is 33.9 Å². The first-order valence-electron chi connectivity index (χ1n) is 6.68. The predicted octanol–water partition coefficient (Wildman–Crippen LogP) is 2.86. The zero-order valence-electron chi connectivity index (χ0n) is 12.4. The van der Waals surface area contributed by atoms with Crippen LogP contribution in [0.2, 0.25) is 0 Å². The lowest BCUT2D eigenvalue weighted by Crippen LogP contribution is -2.25. The third-order valence-corrected chi connectivity index (χ3v) is 3.48. The Kier molecular flexibility index (Phi) is 7.18. The van der Waals surface area contributed by atoms with E-state index in [2.05, 4.69) is 5.32 Å². The zero-order valence-corrected chi connectivity index (χ0v) is 13.2. The molecular formula is C14H20N2O4S. The van der Waals surface area contributed by atoms with Gasteiger partial charge in [0.1, 0.15) is 0 Å². The molecule has 1 amide bonds. The van der Waals surface area contributed by atoms with Crippen LogP contribution in [0, 0.1) is 10.1 Å². The number of thioether (sulfide) groups is 1. The second kappa shape index (κ2) is 8.63. The van der Waals surface area contributed by atoms with Crippen molar-refractivity contribution in [2.45, 2.75) is 31.3 Å². The molecule has 7 heteroatoms. The maximum atomic E-state index is 11.9. The van der Waals surface area contributed by atoms with Crippen molar-refractivity contribution in [2.24, 2.45) is 0 Å². The minimum absolute atomic E-state index is 0.0432. The van der Waals surface area contributed by atoms with Crippen molar-refractivity contribution in [2.75, 3.05) is 19.4 Å². The topological polar surface area (TPSA) is 81.5 Å². The molecule has 0 aliphatic heterocycles. The summed E-state index contributed by atoms with van der Waals surface area (Å²) in [6.07, 6.45) is 2.63. The van der Waals surface area contributed by atoms with Crippen LogP contribution in [0.4, 0.5) is 5.69 Å². The monoisotopic (exact) mass is 312 g/mol. The van der Waals surface area contributed by atoms with Gasteiger partial charge in [-0.25, -0.2) is 0 Å². The SMILES string of the molecule is CSc1ccc(C(=O)NCCCOC(C)C)cc1[N+](=O)[O-]. The highest BCUT2D eigenvalue weighted by Crippen LogP contribution is 2.28. The molecule has 0 aliphatic carbocycles. The summed E-state index contributed by atoms with van der Waals surface area (Å²) in [5.41, 5.74) is 0.252. The van der Waals surface area contributed by atoms with Crippen molar-refractivity contribution < 1.29 is 14.5 Å². The fourth-order valence-electron chi connectivity index (χ4n) is 1.67. The summed E-state index contributed by atoms with van der Waals surface area (Å²) in [4.78, 5) is 23.0. The van der Waals surface area contributed by atoms with Gasteiger partial charge in [0, 0.05) is 24.8 Å². The number of hydrogen-bond donors (Lipinski definition) is 1. The number of benzene rings is 1. The van der Waals surface area contributed by atoms with Gasteiger partial charge in [-0.1, -0.05) is 0 Å². The third-order valence-electron chi connectivity index (χ3n) is 2.70. The molecular weight excluding hydrogens is 292 g/mol. The van der Waals surface area contributed by atoms with E-state index in [9.17, 15) is 14.9 Å². The molecule has 0 saturated heterocycles. The number of carbonyl (C=O) groups is 1. The largest absolute Gasteiger partial charge is 0.379 e. The standard InChI is InChI=1S/C14H20N2O4S/c1-10(2)20-8-4-7-15-14(17)11-5-6-13(21-3)12(9-11)16(18)19/h5-6,9-10H,4,7-8H2,1-3H3,(H,15,17). The fraction of sp³-hybridized carbons (Fsp3) is 0.500. The number of rotatable bonds is 8. The van der Waals surface area contributed by atoms with Gasteiger partial charge >= 0.3 is 0 Å². The Morgan fingerprint density at radius 1 is 1.48 bits per heavy atom. The van der Waals surface area contributed by atoms with Gasteiger partial charge in [0.05, 0.1) is 15.9 Å². The van der Waals surface area contributed by atoms with Gasteiger partial charge in [-0.2, -0.15) is 0 Å². The van der Waals surface area contributed by atoms with Crippen molar-refractivity contribution in [1.82, 2.24) is 5.32 Å². The number of nitro benzene ring substituents is 1. The number of carbonyl (C=O) groups excluding carboxylic acids is 1. The van der Waals surface area contributed by atoms with Gasteiger partial charge in [-0.05, 0) is 38.7 Å². The molecule has 6 nitrogen and oxygen atoms in total. The molecule has 1 aromatic carbocycles. The summed E-state index contributed by atoms with van der Waals surface area (Å²) in [5.74, 6) is -0.310. The lowest BCUT2D eigenvalue weighted by Gasteiger charge is -2.08. The van der Waals surface area contributed by atoms with Crippen LogP contribution < -0.4 is 5.32 Å². The van der Waals surface area contributed by atoms with Crippen molar-refractivity contribution >= 4 is 23.4 Å². The Labute approximate surface area is 128 Å². The molecule has 0 bridgehead atoms. The highest BCUT2D eigenvalue weighted by atomic mass is 32.2. The van der Waals surface area contributed by atoms with Gasteiger partial charge in [0.2, 0.25) is 0 Å². The Morgan fingerprint density at radius 2 is 2.19 bits per heavy atom. The molecule has 0 fully saturated rings. The van der Waals surface area contributed by atoms with Crippen LogP contribution in [0.1, 0.15) is 30.6 Å². The van der Waals surface area contributed by atoms with Gasteiger partial charge in [-0.15, -0.1) is 11.8 Å². The summed E-state index contributed by atoms with van der Waals surface area (Å²) in [5, 5.41) is 13.7. The van der Waals surface area contributed by atoms with Crippen molar-refractivity contribution in [1.29, 1.82) is 0 Å². The molecule has 0 aliphatic rings. The average molecular weight is 312 g/mol. The number of nitro groups is 1. The Bertz CT molecular complexity index is 506. The minimum Gasteiger partial charge on any atom is -0.379 e. The average Bonchev–Trinajstić information content (AvgIpc) is 2.45. The van der Waals surface area contributed by atoms with Crippen LogP contribution in [0.5, 0.6) is 0 Å². The van der Waals surface area contributed by atoms with E-state index in [-0.39, 0.29) is 17.7 Å². The number of amides is 1. The second-order valence-corrected chi connectivity index (χ2v) is 5.52. The summed E-state index contributed by atoms with van der Waals surface area (Å²) < 4.78 is 5.37. The third kappa shape index (κ3) is 5.73. The molecule has 0 saturated carbocycles. The molecule has 0 spiro atoms. The molecule has 1 aromatic rings. The summed E-state index contributed by atoms with van der Waals surface area (Å²) >= 11 is 1.28. The normalized spacial score (nSPS) is 10.7. The lowest BCUT2D eigenvalue weighted by atomic mass is 10.2. The number of ether oxygens (including phenoxy) is 1. The maximum Gasteiger partial charge on any atom is 0.283 e. The lowest BCUT2D eigenvalue weighted by molar-refractivity contribution is -0.387. The summed E-state index contributed by atoms with van der Waals surface area (Å²) in [6.45, 7) is 4.95. The molecule has 1 N–H and O–H groups in total. The first kappa shape index (κ1) is 17.5. The van der Waals surface area contributed by atoms with Gasteiger partial charge in [0.15, 0.2) is 0 Å². The smallest absolute Gasteiger partial charge is 0.283 e. The molecule has 0 unspecified atom stereocenters. The fourth-order valence-corrected chi connectivity index (χ4v) is 2.22. The Hall–Kier alpha value is -1.60. The van der Waals surface area contributed by atoms with Crippen LogP contribution in [-0.4, -0.2) is 36.3 Å². The number of nitrogens with zero attached hydrogens (tertiary/aromatic N) is 1. The van der Waals surface area contributed by atoms with E-state index in [1.807, 2.05) is 13.8 Å². The highest BCUT2D eigenvalue weighted by molar-refractivity contribution is 7.98. The Balaban J connectivity index is 2.58. The van der Waals surface area contributed by atoms with Crippen LogP contribution >= 0.6 is 11.8 Å². The van der Waals surface area contributed by atoms with Gasteiger partial charge in [-0.3, -0.25) is 14.9 Å². The van der Waals surface area contributed by atoms with Crippen molar-refractivity contribution in [3.63, 3.8) is 0 Å². The molecule has 21 heavy (non-hydrogen) atoms. The Morgan fingerprint density at radius 3 is 2.76 bits per heavy atom. The quantitative estimate of drug-likeness (QED) is 0.345. The van der Waals surface area contributed by atoms with Crippen molar-refractivity contribution in [3.8, 4) is 0 Å². The van der Waals surface area contributed by atoms with E-state index in [0.717, 1.165) is 0 Å². The summed E-state index contributed by atoms with van der Waals surface area (Å²) in [6, 6.07) is 4.50. The van der Waals surface area contributed by atoms with E-state index < -0.39 is 4.92 Å². The molecule has 0 heterocycles. The van der Waals surface area contributed by atoms with E-state index >= 15 is 0 Å². The molecule has 0 atom stereocenters. The van der Waals surface area contributed by atoms with E-state index in [1.54, 1.807) is 18.4 Å². The van der Waals surface area contributed by atoms with Crippen LogP contribution in [0.25, 0.3) is 0 Å². The molecule has 0 aromatic heterocycles. The van der Waals surface area contributed by atoms with Crippen LogP contribution in [0.3, 0.4) is 0 Å². The molecule has 0 radical (unpaired) electrons. The second-order valence-electron chi connectivity index (χ2n) is 4.67. The maximum absolute atomic E-state index is 11.9. The van der Waals surface area contributed by atoms with Crippen LogP contribution in [-0.2, 0) is 4.74 Å². The van der Waals surface area contributed by atoms with E-state index in [1.165, 1.54) is 17.8 Å². The van der Waals surface area contributed by atoms with E-state index in [4.69, 9.17) is 4.74 Å². The number of nitrogens with one attached hydrogen (secondary N) is 1. The number of hydrogen-bond acceptors (Lipinski definition) is 5.